The molecule has 0 rings (SSSR count). The number of hydrogen-bond acceptors (Lipinski definition) is 2. The van der Waals surface area contributed by atoms with Crippen LogP contribution >= 0.6 is 0 Å². The van der Waals surface area contributed by atoms with Crippen molar-refractivity contribution < 1.29 is 9.22 Å². The Morgan fingerprint density at radius 2 is 1.88 bits per heavy atom. The van der Waals surface area contributed by atoms with E-state index in [1.165, 1.54) is 0 Å². The van der Waals surface area contributed by atoms with Gasteiger partial charge in [-0.2, -0.15) is 0 Å². The molecule has 0 heterocycles. The second-order valence-corrected chi connectivity index (χ2v) is 10.8. The van der Waals surface area contributed by atoms with Crippen LogP contribution < -0.4 is 0 Å². The average molecular weight is 256 g/mol. The summed E-state index contributed by atoms with van der Waals surface area (Å²) >= 11 is 0. The Morgan fingerprint density at radius 1 is 1.29 bits per heavy atom. The second-order valence-electron chi connectivity index (χ2n) is 6.05. The Bertz CT molecular complexity index is 251. The van der Waals surface area contributed by atoms with E-state index in [1.54, 1.807) is 0 Å². The van der Waals surface area contributed by atoms with Gasteiger partial charge < -0.3 is 9.22 Å². The van der Waals surface area contributed by atoms with Gasteiger partial charge in [-0.3, -0.25) is 0 Å². The Hall–Kier alpha value is -0.413. The van der Waals surface area contributed by atoms with E-state index in [0.717, 1.165) is 19.1 Å². The molecule has 0 aliphatic carbocycles. The normalized spacial score (nSPS) is 15.2. The van der Waals surface area contributed by atoms with Crippen LogP contribution in [0.2, 0.25) is 18.1 Å². The first-order valence-corrected chi connectivity index (χ1v) is 9.38. The third kappa shape index (κ3) is 6.17. The fraction of sp³-hybridized carbons (Fsp3) is 0.786. The Morgan fingerprint density at radius 3 is 2.29 bits per heavy atom. The van der Waals surface area contributed by atoms with E-state index in [0.29, 0.717) is 6.42 Å². The third-order valence-corrected chi connectivity index (χ3v) is 8.05. The number of hydrogen-bond donors (Lipinski definition) is 0. The minimum absolute atomic E-state index is 0.0876. The molecule has 0 aromatic rings. The number of aldehydes is 1. The van der Waals surface area contributed by atoms with Crippen molar-refractivity contribution >= 4 is 14.6 Å². The van der Waals surface area contributed by atoms with Crippen LogP contribution in [0.3, 0.4) is 0 Å². The molecule has 0 unspecified atom stereocenters. The lowest BCUT2D eigenvalue weighted by Crippen LogP contribution is -2.44. The Balaban J connectivity index is 4.47. The summed E-state index contributed by atoms with van der Waals surface area (Å²) in [7, 11) is -1.75. The number of rotatable bonds is 7. The largest absolute Gasteiger partial charge is 0.413 e. The highest BCUT2D eigenvalue weighted by molar-refractivity contribution is 6.74. The van der Waals surface area contributed by atoms with E-state index in [1.807, 2.05) is 13.0 Å². The van der Waals surface area contributed by atoms with Gasteiger partial charge in [-0.1, -0.05) is 32.9 Å². The molecule has 17 heavy (non-hydrogen) atoms. The van der Waals surface area contributed by atoms with Crippen LogP contribution in [0.4, 0.5) is 0 Å². The molecule has 0 saturated heterocycles. The number of allylic oxidation sites excluding steroid dienone is 2. The highest BCUT2D eigenvalue weighted by atomic mass is 28.4. The van der Waals surface area contributed by atoms with Crippen molar-refractivity contribution in [2.75, 3.05) is 0 Å². The Kier molecular flexibility index (Phi) is 6.94. The van der Waals surface area contributed by atoms with Crippen molar-refractivity contribution in [3.05, 3.63) is 12.2 Å². The van der Waals surface area contributed by atoms with Gasteiger partial charge in [-0.25, -0.2) is 0 Å². The molecule has 0 amide bonds. The first-order valence-electron chi connectivity index (χ1n) is 6.47. The van der Waals surface area contributed by atoms with Gasteiger partial charge >= 0.3 is 0 Å². The standard InChI is InChI=1S/C14H28O2Si/c1-7-8-9-10-13(11-12-15)16-17(5,6)14(2,3)4/h7-8,12-13H,9-11H2,1-6H3/t13-/m1/s1. The third-order valence-electron chi connectivity index (χ3n) is 3.52. The number of carbonyl (C=O) groups excluding carboxylic acids is 1. The monoisotopic (exact) mass is 256 g/mol. The SMILES string of the molecule is CC=CCC[C@H](CC=O)O[Si](C)(C)C(C)(C)C. The lowest BCUT2D eigenvalue weighted by atomic mass is 10.1. The van der Waals surface area contributed by atoms with Crippen LogP contribution in [0.15, 0.2) is 12.2 Å². The zero-order chi connectivity index (χ0) is 13.5. The molecule has 0 aliphatic rings. The van der Waals surface area contributed by atoms with Gasteiger partial charge in [0.15, 0.2) is 8.32 Å². The summed E-state index contributed by atoms with van der Waals surface area (Å²) < 4.78 is 6.26. The number of carbonyl (C=O) groups is 1. The highest BCUT2D eigenvalue weighted by Gasteiger charge is 2.38. The first kappa shape index (κ1) is 16.6. The quantitative estimate of drug-likeness (QED) is 0.385. The van der Waals surface area contributed by atoms with Crippen molar-refractivity contribution in [2.45, 2.75) is 71.2 Å². The maximum absolute atomic E-state index is 10.7. The summed E-state index contributed by atoms with van der Waals surface area (Å²) in [5.74, 6) is 0. The molecule has 0 aromatic heterocycles. The molecule has 0 N–H and O–H groups in total. The van der Waals surface area contributed by atoms with Crippen molar-refractivity contribution in [3.63, 3.8) is 0 Å². The molecular weight excluding hydrogens is 228 g/mol. The zero-order valence-corrected chi connectivity index (χ0v) is 13.2. The van der Waals surface area contributed by atoms with E-state index in [2.05, 4.69) is 39.9 Å². The van der Waals surface area contributed by atoms with E-state index in [-0.39, 0.29) is 11.1 Å². The molecule has 0 saturated carbocycles. The van der Waals surface area contributed by atoms with E-state index in [9.17, 15) is 4.79 Å². The predicted molar refractivity (Wildman–Crippen MR) is 76.8 cm³/mol. The predicted octanol–water partition coefficient (Wildman–Crippen LogP) is 4.32. The van der Waals surface area contributed by atoms with Gasteiger partial charge in [0.1, 0.15) is 6.29 Å². The molecule has 0 aliphatic heterocycles. The van der Waals surface area contributed by atoms with Gasteiger partial charge in [-0.15, -0.1) is 0 Å². The molecular formula is C14H28O2Si. The molecule has 0 spiro atoms. The lowest BCUT2D eigenvalue weighted by Gasteiger charge is -2.39. The van der Waals surface area contributed by atoms with Crippen LogP contribution in [-0.4, -0.2) is 20.7 Å². The van der Waals surface area contributed by atoms with E-state index >= 15 is 0 Å². The van der Waals surface area contributed by atoms with Crippen LogP contribution in [0.5, 0.6) is 0 Å². The van der Waals surface area contributed by atoms with Crippen molar-refractivity contribution in [2.24, 2.45) is 0 Å². The van der Waals surface area contributed by atoms with Crippen LogP contribution in [0.25, 0.3) is 0 Å². The van der Waals surface area contributed by atoms with Crippen molar-refractivity contribution in [1.82, 2.24) is 0 Å². The highest BCUT2D eigenvalue weighted by Crippen LogP contribution is 2.38. The molecule has 0 aromatic carbocycles. The van der Waals surface area contributed by atoms with Gasteiger partial charge in [0.05, 0.1) is 6.10 Å². The van der Waals surface area contributed by atoms with E-state index in [4.69, 9.17) is 4.43 Å². The zero-order valence-electron chi connectivity index (χ0n) is 12.2. The molecule has 3 heteroatoms. The first-order chi connectivity index (χ1) is 7.74. The molecule has 1 atom stereocenters. The lowest BCUT2D eigenvalue weighted by molar-refractivity contribution is -0.109. The molecule has 0 radical (unpaired) electrons. The minimum atomic E-state index is -1.75. The molecule has 0 fully saturated rings. The van der Waals surface area contributed by atoms with Crippen molar-refractivity contribution in [3.8, 4) is 0 Å². The summed E-state index contributed by atoms with van der Waals surface area (Å²) in [6.45, 7) is 13.2. The van der Waals surface area contributed by atoms with Gasteiger partial charge in [0.2, 0.25) is 0 Å². The molecule has 100 valence electrons. The fourth-order valence-corrected chi connectivity index (χ4v) is 2.78. The van der Waals surface area contributed by atoms with E-state index < -0.39 is 8.32 Å². The van der Waals surface area contributed by atoms with Gasteiger partial charge in [0.25, 0.3) is 0 Å². The second kappa shape index (κ2) is 7.12. The molecule has 0 bridgehead atoms. The average Bonchev–Trinajstić information content (AvgIpc) is 2.16. The summed E-state index contributed by atoms with van der Waals surface area (Å²) in [5.41, 5.74) is 0. The van der Waals surface area contributed by atoms with Crippen LogP contribution in [-0.2, 0) is 9.22 Å². The fourth-order valence-electron chi connectivity index (χ4n) is 1.37. The van der Waals surface area contributed by atoms with Gasteiger partial charge in [-0.05, 0) is 37.9 Å². The van der Waals surface area contributed by atoms with Crippen LogP contribution in [0.1, 0.15) is 47.0 Å². The van der Waals surface area contributed by atoms with Crippen LogP contribution in [0, 0.1) is 0 Å². The minimum Gasteiger partial charge on any atom is -0.413 e. The van der Waals surface area contributed by atoms with Gasteiger partial charge in [0, 0.05) is 6.42 Å². The topological polar surface area (TPSA) is 26.3 Å². The summed E-state index contributed by atoms with van der Waals surface area (Å²) in [5, 5.41) is 0.203. The summed E-state index contributed by atoms with van der Waals surface area (Å²) in [4.78, 5) is 10.7. The Labute approximate surface area is 108 Å². The van der Waals surface area contributed by atoms with Crippen molar-refractivity contribution in [1.29, 1.82) is 0 Å². The summed E-state index contributed by atoms with van der Waals surface area (Å²) in [6, 6.07) is 0. The smallest absolute Gasteiger partial charge is 0.192 e. The summed E-state index contributed by atoms with van der Waals surface area (Å²) in [6.07, 6.45) is 7.69. The maximum atomic E-state index is 10.7. The maximum Gasteiger partial charge on any atom is 0.192 e. The molecule has 2 nitrogen and oxygen atoms in total.